The third-order valence-electron chi connectivity index (χ3n) is 4.73. The van der Waals surface area contributed by atoms with Crippen molar-refractivity contribution in [3.8, 4) is 11.4 Å². The third kappa shape index (κ3) is 5.35. The zero-order chi connectivity index (χ0) is 23.5. The molecule has 6 nitrogen and oxygen atoms in total. The molecule has 32 heavy (non-hydrogen) atoms. The number of hydrogen-bond acceptors (Lipinski definition) is 4. The van der Waals surface area contributed by atoms with Crippen LogP contribution < -0.4 is 10.9 Å². The lowest BCUT2D eigenvalue weighted by molar-refractivity contribution is -0.137. The molecule has 0 unspecified atom stereocenters. The molecule has 0 aliphatic carbocycles. The van der Waals surface area contributed by atoms with Crippen molar-refractivity contribution in [1.82, 2.24) is 9.55 Å². The Labute approximate surface area is 186 Å². The van der Waals surface area contributed by atoms with E-state index in [4.69, 9.17) is 11.6 Å². The Morgan fingerprint density at radius 2 is 1.75 bits per heavy atom. The van der Waals surface area contributed by atoms with Crippen molar-refractivity contribution < 1.29 is 23.1 Å². The van der Waals surface area contributed by atoms with Gasteiger partial charge in [0.1, 0.15) is 12.4 Å². The maximum Gasteiger partial charge on any atom is 0.416 e. The van der Waals surface area contributed by atoms with E-state index in [1.165, 1.54) is 12.1 Å². The van der Waals surface area contributed by atoms with Gasteiger partial charge in [-0.15, -0.1) is 0 Å². The highest BCUT2D eigenvalue weighted by Gasteiger charge is 2.30. The van der Waals surface area contributed by atoms with Crippen molar-refractivity contribution in [3.63, 3.8) is 0 Å². The van der Waals surface area contributed by atoms with Gasteiger partial charge in [0, 0.05) is 40.6 Å². The standard InChI is InChI=1S/C22H19ClF3N3O3/c1-13-18(10-11-30)21(32)29(12-19(31)28-17-8-6-16(23)7-9-17)20(27-13)14-2-4-15(5-3-14)22(24,25)26/h2-9,30H,10-12H2,1H3,(H,28,31). The summed E-state index contributed by atoms with van der Waals surface area (Å²) < 4.78 is 39.8. The van der Waals surface area contributed by atoms with Crippen LogP contribution in [-0.2, 0) is 23.9 Å². The van der Waals surface area contributed by atoms with Crippen LogP contribution in [0.15, 0.2) is 53.3 Å². The van der Waals surface area contributed by atoms with E-state index in [9.17, 15) is 27.9 Å². The summed E-state index contributed by atoms with van der Waals surface area (Å²) in [5.74, 6) is -0.489. The summed E-state index contributed by atoms with van der Waals surface area (Å²) in [4.78, 5) is 30.0. The fraction of sp³-hybridized carbons (Fsp3) is 0.227. The SMILES string of the molecule is Cc1nc(-c2ccc(C(F)(F)F)cc2)n(CC(=O)Nc2ccc(Cl)cc2)c(=O)c1CCO. The molecule has 2 aromatic carbocycles. The maximum atomic E-state index is 13.1. The highest BCUT2D eigenvalue weighted by atomic mass is 35.5. The van der Waals surface area contributed by atoms with Crippen molar-refractivity contribution in [2.75, 3.05) is 11.9 Å². The molecule has 1 amide bonds. The number of halogens is 4. The fourth-order valence-electron chi connectivity index (χ4n) is 3.15. The zero-order valence-corrected chi connectivity index (χ0v) is 17.7. The summed E-state index contributed by atoms with van der Waals surface area (Å²) in [6.45, 7) is 0.843. The fourth-order valence-corrected chi connectivity index (χ4v) is 3.28. The van der Waals surface area contributed by atoms with Gasteiger partial charge in [0.05, 0.1) is 5.56 Å². The summed E-state index contributed by atoms with van der Waals surface area (Å²) in [5, 5.41) is 12.4. The average molecular weight is 466 g/mol. The van der Waals surface area contributed by atoms with Gasteiger partial charge < -0.3 is 10.4 Å². The topological polar surface area (TPSA) is 84.2 Å². The lowest BCUT2D eigenvalue weighted by atomic mass is 10.1. The highest BCUT2D eigenvalue weighted by molar-refractivity contribution is 6.30. The summed E-state index contributed by atoms with van der Waals surface area (Å²) in [6, 6.07) is 10.5. The Balaban J connectivity index is 2.02. The van der Waals surface area contributed by atoms with Crippen LogP contribution in [0.2, 0.25) is 5.02 Å². The van der Waals surface area contributed by atoms with Crippen molar-refractivity contribution in [3.05, 3.63) is 80.7 Å². The number of rotatable bonds is 6. The average Bonchev–Trinajstić information content (AvgIpc) is 2.74. The van der Waals surface area contributed by atoms with E-state index in [0.29, 0.717) is 16.4 Å². The van der Waals surface area contributed by atoms with Gasteiger partial charge in [-0.3, -0.25) is 14.2 Å². The van der Waals surface area contributed by atoms with Crippen LogP contribution in [0.3, 0.4) is 0 Å². The number of aliphatic hydroxyl groups excluding tert-OH is 1. The number of benzene rings is 2. The van der Waals surface area contributed by atoms with Gasteiger partial charge in [-0.2, -0.15) is 13.2 Å². The molecule has 2 N–H and O–H groups in total. The van der Waals surface area contributed by atoms with E-state index in [-0.39, 0.29) is 30.0 Å². The number of carbonyl (C=O) groups excluding carboxylic acids is 1. The monoisotopic (exact) mass is 465 g/mol. The number of hydrogen-bond donors (Lipinski definition) is 2. The van der Waals surface area contributed by atoms with Gasteiger partial charge in [-0.1, -0.05) is 23.7 Å². The highest BCUT2D eigenvalue weighted by Crippen LogP contribution is 2.30. The van der Waals surface area contributed by atoms with Gasteiger partial charge in [-0.05, 0) is 43.3 Å². The molecule has 1 aromatic heterocycles. The largest absolute Gasteiger partial charge is 0.416 e. The Kier molecular flexibility index (Phi) is 7.00. The van der Waals surface area contributed by atoms with Gasteiger partial charge in [0.2, 0.25) is 5.91 Å². The Morgan fingerprint density at radius 1 is 1.12 bits per heavy atom. The summed E-state index contributed by atoms with van der Waals surface area (Å²) >= 11 is 5.83. The van der Waals surface area contributed by atoms with E-state index < -0.39 is 29.8 Å². The summed E-state index contributed by atoms with van der Waals surface area (Å²) in [6.07, 6.45) is -4.48. The first-order valence-corrected chi connectivity index (χ1v) is 9.92. The smallest absolute Gasteiger partial charge is 0.396 e. The molecular formula is C22H19ClF3N3O3. The predicted molar refractivity (Wildman–Crippen MR) is 115 cm³/mol. The van der Waals surface area contributed by atoms with Crippen LogP contribution in [0, 0.1) is 6.92 Å². The van der Waals surface area contributed by atoms with Crippen molar-refractivity contribution in [1.29, 1.82) is 0 Å². The molecule has 0 aliphatic heterocycles. The molecule has 3 rings (SSSR count). The minimum absolute atomic E-state index is 0.0315. The molecule has 10 heteroatoms. The Bertz CT molecular complexity index is 1170. The molecule has 0 fully saturated rings. The number of carbonyl (C=O) groups is 1. The predicted octanol–water partition coefficient (Wildman–Crippen LogP) is 4.06. The molecule has 0 aliphatic rings. The number of alkyl halides is 3. The first kappa shape index (κ1) is 23.5. The number of aromatic nitrogens is 2. The number of amides is 1. The van der Waals surface area contributed by atoms with Crippen LogP contribution in [0.1, 0.15) is 16.8 Å². The molecule has 0 atom stereocenters. The second-order valence-corrected chi connectivity index (χ2v) is 7.43. The van der Waals surface area contributed by atoms with Crippen molar-refractivity contribution >= 4 is 23.2 Å². The first-order valence-electron chi connectivity index (χ1n) is 9.54. The molecular weight excluding hydrogens is 447 g/mol. The van der Waals surface area contributed by atoms with E-state index in [0.717, 1.165) is 16.7 Å². The third-order valence-corrected chi connectivity index (χ3v) is 4.98. The van der Waals surface area contributed by atoms with Gasteiger partial charge in [0.25, 0.3) is 5.56 Å². The van der Waals surface area contributed by atoms with E-state index in [1.807, 2.05) is 0 Å². The van der Waals surface area contributed by atoms with Crippen molar-refractivity contribution in [2.24, 2.45) is 0 Å². The second-order valence-electron chi connectivity index (χ2n) is 6.99. The molecule has 0 radical (unpaired) electrons. The van der Waals surface area contributed by atoms with Gasteiger partial charge in [-0.25, -0.2) is 4.98 Å². The second kappa shape index (κ2) is 9.54. The Hall–Kier alpha value is -3.17. The van der Waals surface area contributed by atoms with E-state index in [2.05, 4.69) is 10.3 Å². The molecule has 168 valence electrons. The minimum Gasteiger partial charge on any atom is -0.396 e. The van der Waals surface area contributed by atoms with Crippen LogP contribution in [-0.4, -0.2) is 27.2 Å². The molecule has 0 saturated heterocycles. The minimum atomic E-state index is -4.51. The van der Waals surface area contributed by atoms with Crippen LogP contribution in [0.4, 0.5) is 18.9 Å². The number of anilines is 1. The molecule has 3 aromatic rings. The number of nitrogens with one attached hydrogen (secondary N) is 1. The zero-order valence-electron chi connectivity index (χ0n) is 16.9. The lowest BCUT2D eigenvalue weighted by Crippen LogP contribution is -2.33. The van der Waals surface area contributed by atoms with Crippen molar-refractivity contribution in [2.45, 2.75) is 26.1 Å². The van der Waals surface area contributed by atoms with Gasteiger partial charge >= 0.3 is 6.18 Å². The first-order chi connectivity index (χ1) is 15.1. The number of nitrogens with zero attached hydrogens (tertiary/aromatic N) is 2. The summed E-state index contributed by atoms with van der Waals surface area (Å²) in [7, 11) is 0. The number of aryl methyl sites for hydroxylation is 1. The van der Waals surface area contributed by atoms with E-state index in [1.54, 1.807) is 31.2 Å². The van der Waals surface area contributed by atoms with E-state index >= 15 is 0 Å². The molecule has 0 bridgehead atoms. The van der Waals surface area contributed by atoms with Crippen LogP contribution in [0.25, 0.3) is 11.4 Å². The maximum absolute atomic E-state index is 13.1. The number of aliphatic hydroxyl groups is 1. The van der Waals surface area contributed by atoms with Crippen LogP contribution in [0.5, 0.6) is 0 Å². The molecule has 0 saturated carbocycles. The van der Waals surface area contributed by atoms with Gasteiger partial charge in [0.15, 0.2) is 0 Å². The van der Waals surface area contributed by atoms with Crippen LogP contribution >= 0.6 is 11.6 Å². The quantitative estimate of drug-likeness (QED) is 0.575. The summed E-state index contributed by atoms with van der Waals surface area (Å²) in [5.41, 5.74) is -0.139. The Morgan fingerprint density at radius 3 is 2.31 bits per heavy atom. The normalized spacial score (nSPS) is 11.4. The lowest BCUT2D eigenvalue weighted by Gasteiger charge is -2.16. The molecule has 0 spiro atoms. The molecule has 1 heterocycles.